The minimum Gasteiger partial charge on any atom is -0.293 e. The predicted molar refractivity (Wildman–Crippen MR) is 54.6 cm³/mol. The fourth-order valence-electron chi connectivity index (χ4n) is 0.792. The Labute approximate surface area is 88.8 Å². The first kappa shape index (κ1) is 10.0. The number of alkyl halides is 1. The Kier molecular flexibility index (Phi) is 3.56. The van der Waals surface area contributed by atoms with Gasteiger partial charge < -0.3 is 0 Å². The first-order valence-corrected chi connectivity index (χ1v) is 5.06. The Balaban J connectivity index is 3.08. The van der Waals surface area contributed by atoms with Gasteiger partial charge in [-0.1, -0.05) is 39.1 Å². The summed E-state index contributed by atoms with van der Waals surface area (Å²) in [5, 5.41) is 1.24. The van der Waals surface area contributed by atoms with E-state index in [1.807, 2.05) is 0 Å². The van der Waals surface area contributed by atoms with Gasteiger partial charge in [-0.05, 0) is 18.2 Å². The average molecular weight is 268 g/mol. The molecule has 0 atom stereocenters. The molecule has 0 aliphatic rings. The van der Waals surface area contributed by atoms with Crippen molar-refractivity contribution in [2.24, 2.45) is 0 Å². The molecule has 0 spiro atoms. The maximum absolute atomic E-state index is 11.2. The van der Waals surface area contributed by atoms with Crippen molar-refractivity contribution in [3.63, 3.8) is 0 Å². The lowest BCUT2D eigenvalue weighted by atomic mass is 10.1. The van der Waals surface area contributed by atoms with Crippen molar-refractivity contribution < 1.29 is 4.79 Å². The molecular formula is C8H5BrCl2O. The van der Waals surface area contributed by atoms with Gasteiger partial charge in [-0.25, -0.2) is 0 Å². The normalized spacial score (nSPS) is 9.92. The number of hydrogen-bond donors (Lipinski definition) is 0. The Hall–Kier alpha value is -0.0500. The molecule has 0 unspecified atom stereocenters. The molecule has 0 N–H and O–H groups in total. The van der Waals surface area contributed by atoms with Gasteiger partial charge in [0, 0.05) is 15.6 Å². The first-order valence-electron chi connectivity index (χ1n) is 3.18. The Bertz CT molecular complexity index is 292. The van der Waals surface area contributed by atoms with Crippen LogP contribution < -0.4 is 0 Å². The molecule has 0 saturated carbocycles. The van der Waals surface area contributed by atoms with Crippen LogP contribution in [0.5, 0.6) is 0 Å². The topological polar surface area (TPSA) is 17.1 Å². The third kappa shape index (κ3) is 2.47. The van der Waals surface area contributed by atoms with E-state index in [2.05, 4.69) is 15.9 Å². The van der Waals surface area contributed by atoms with E-state index >= 15 is 0 Å². The molecule has 0 amide bonds. The van der Waals surface area contributed by atoms with Crippen LogP contribution in [0, 0.1) is 0 Å². The van der Waals surface area contributed by atoms with Gasteiger partial charge in [-0.3, -0.25) is 4.79 Å². The second-order valence-electron chi connectivity index (χ2n) is 2.21. The monoisotopic (exact) mass is 266 g/mol. The van der Waals surface area contributed by atoms with Crippen LogP contribution in [-0.4, -0.2) is 11.1 Å². The summed E-state index contributed by atoms with van der Waals surface area (Å²) in [5.41, 5.74) is 0.532. The molecule has 0 aliphatic carbocycles. The lowest BCUT2D eigenvalue weighted by Gasteiger charge is -1.98. The Morgan fingerprint density at radius 1 is 1.25 bits per heavy atom. The van der Waals surface area contributed by atoms with Gasteiger partial charge in [0.25, 0.3) is 0 Å². The maximum Gasteiger partial charge on any atom is 0.173 e. The molecule has 12 heavy (non-hydrogen) atoms. The zero-order valence-electron chi connectivity index (χ0n) is 5.98. The van der Waals surface area contributed by atoms with E-state index in [4.69, 9.17) is 23.2 Å². The van der Waals surface area contributed by atoms with Crippen molar-refractivity contribution in [1.82, 2.24) is 0 Å². The van der Waals surface area contributed by atoms with Crippen LogP contribution in [-0.2, 0) is 0 Å². The summed E-state index contributed by atoms with van der Waals surface area (Å²) in [6.45, 7) is 0. The molecule has 1 rings (SSSR count). The molecule has 4 heteroatoms. The summed E-state index contributed by atoms with van der Waals surface area (Å²) in [5.74, 6) is -0.0283. The number of halogens is 3. The lowest BCUT2D eigenvalue weighted by Crippen LogP contribution is -1.99. The number of benzene rings is 1. The second-order valence-corrected chi connectivity index (χ2v) is 3.65. The molecule has 1 aromatic rings. The minimum absolute atomic E-state index is 0.0283. The van der Waals surface area contributed by atoms with Gasteiger partial charge in [-0.15, -0.1) is 0 Å². The van der Waals surface area contributed by atoms with Crippen molar-refractivity contribution in [3.8, 4) is 0 Å². The SMILES string of the molecule is O=C(CBr)c1cc(Cl)cc(Cl)c1. The van der Waals surface area contributed by atoms with Crippen molar-refractivity contribution in [2.45, 2.75) is 0 Å². The van der Waals surface area contributed by atoms with Crippen molar-refractivity contribution in [2.75, 3.05) is 5.33 Å². The standard InChI is InChI=1S/C8H5BrCl2O/c9-4-8(12)5-1-6(10)3-7(11)2-5/h1-3H,4H2. The molecule has 0 fully saturated rings. The van der Waals surface area contributed by atoms with Crippen molar-refractivity contribution >= 4 is 44.9 Å². The van der Waals surface area contributed by atoms with Crippen LogP contribution in [0.1, 0.15) is 10.4 Å². The zero-order valence-corrected chi connectivity index (χ0v) is 9.08. The number of ketones is 1. The van der Waals surface area contributed by atoms with Crippen LogP contribution >= 0.6 is 39.1 Å². The average Bonchev–Trinajstić information content (AvgIpc) is 2.01. The van der Waals surface area contributed by atoms with E-state index in [1.54, 1.807) is 18.2 Å². The molecule has 0 heterocycles. The van der Waals surface area contributed by atoms with E-state index in [0.29, 0.717) is 15.6 Å². The molecule has 0 radical (unpaired) electrons. The van der Waals surface area contributed by atoms with Gasteiger partial charge in [0.05, 0.1) is 5.33 Å². The van der Waals surface area contributed by atoms with E-state index < -0.39 is 0 Å². The summed E-state index contributed by atoms with van der Waals surface area (Å²) in [6.07, 6.45) is 0. The Morgan fingerprint density at radius 2 is 1.75 bits per heavy atom. The summed E-state index contributed by atoms with van der Waals surface area (Å²) in [4.78, 5) is 11.2. The van der Waals surface area contributed by atoms with Crippen molar-refractivity contribution in [1.29, 1.82) is 0 Å². The second kappa shape index (κ2) is 4.26. The highest BCUT2D eigenvalue weighted by Gasteiger charge is 2.05. The highest BCUT2D eigenvalue weighted by Crippen LogP contribution is 2.19. The van der Waals surface area contributed by atoms with Crippen LogP contribution in [0.15, 0.2) is 18.2 Å². The zero-order chi connectivity index (χ0) is 9.14. The maximum atomic E-state index is 11.2. The molecule has 0 bridgehead atoms. The molecule has 1 nitrogen and oxygen atoms in total. The summed E-state index contributed by atoms with van der Waals surface area (Å²) in [7, 11) is 0. The molecule has 0 aliphatic heterocycles. The van der Waals surface area contributed by atoms with E-state index in [1.165, 1.54) is 0 Å². The van der Waals surface area contributed by atoms with E-state index in [0.717, 1.165) is 0 Å². The highest BCUT2D eigenvalue weighted by atomic mass is 79.9. The third-order valence-electron chi connectivity index (χ3n) is 1.31. The van der Waals surface area contributed by atoms with Crippen LogP contribution in [0.2, 0.25) is 10.0 Å². The smallest absolute Gasteiger partial charge is 0.173 e. The number of rotatable bonds is 2. The number of carbonyl (C=O) groups is 1. The molecule has 0 aromatic heterocycles. The quantitative estimate of drug-likeness (QED) is 0.591. The van der Waals surface area contributed by atoms with Gasteiger partial charge in [0.2, 0.25) is 0 Å². The largest absolute Gasteiger partial charge is 0.293 e. The number of hydrogen-bond acceptors (Lipinski definition) is 1. The van der Waals surface area contributed by atoms with Gasteiger partial charge in [0.1, 0.15) is 0 Å². The van der Waals surface area contributed by atoms with Crippen molar-refractivity contribution in [3.05, 3.63) is 33.8 Å². The fourth-order valence-corrected chi connectivity index (χ4v) is 1.64. The van der Waals surface area contributed by atoms with E-state index in [-0.39, 0.29) is 11.1 Å². The Morgan fingerprint density at radius 3 is 2.17 bits per heavy atom. The number of carbonyl (C=O) groups excluding carboxylic acids is 1. The van der Waals surface area contributed by atoms with Crippen LogP contribution in [0.3, 0.4) is 0 Å². The van der Waals surface area contributed by atoms with Gasteiger partial charge in [-0.2, -0.15) is 0 Å². The molecule has 0 saturated heterocycles. The van der Waals surface area contributed by atoms with Gasteiger partial charge >= 0.3 is 0 Å². The van der Waals surface area contributed by atoms with Gasteiger partial charge in [0.15, 0.2) is 5.78 Å². The van der Waals surface area contributed by atoms with Crippen LogP contribution in [0.25, 0.3) is 0 Å². The molecule has 1 aromatic carbocycles. The minimum atomic E-state index is -0.0283. The summed E-state index contributed by atoms with van der Waals surface area (Å²) >= 11 is 14.5. The van der Waals surface area contributed by atoms with Crippen LogP contribution in [0.4, 0.5) is 0 Å². The van der Waals surface area contributed by atoms with E-state index in [9.17, 15) is 4.79 Å². The lowest BCUT2D eigenvalue weighted by molar-refractivity contribution is 0.102. The predicted octanol–water partition coefficient (Wildman–Crippen LogP) is 3.57. The summed E-state index contributed by atoms with van der Waals surface area (Å²) < 4.78 is 0. The highest BCUT2D eigenvalue weighted by molar-refractivity contribution is 9.09. The third-order valence-corrected chi connectivity index (χ3v) is 2.25. The number of Topliss-reactive ketones (excluding diaryl/α,β-unsaturated/α-hetero) is 1. The molecular weight excluding hydrogens is 263 g/mol. The first-order chi connectivity index (χ1) is 5.63. The fraction of sp³-hybridized carbons (Fsp3) is 0.125. The molecule has 64 valence electrons. The summed E-state index contributed by atoms with van der Waals surface area (Å²) in [6, 6.07) is 4.78.